The van der Waals surface area contributed by atoms with Gasteiger partial charge in [0.25, 0.3) is 0 Å². The lowest BCUT2D eigenvalue weighted by Gasteiger charge is -2.02. The van der Waals surface area contributed by atoms with Crippen molar-refractivity contribution < 1.29 is 0 Å². The van der Waals surface area contributed by atoms with Crippen molar-refractivity contribution in [1.29, 1.82) is 5.26 Å². The van der Waals surface area contributed by atoms with Gasteiger partial charge in [-0.25, -0.2) is 4.98 Å². The van der Waals surface area contributed by atoms with Crippen molar-refractivity contribution in [2.45, 2.75) is 6.42 Å². The molecule has 6 heteroatoms. The van der Waals surface area contributed by atoms with Gasteiger partial charge in [-0.3, -0.25) is 9.38 Å². The Hall–Kier alpha value is -2.49. The summed E-state index contributed by atoms with van der Waals surface area (Å²) in [4.78, 5) is 10.9. The molecule has 4 heterocycles. The van der Waals surface area contributed by atoms with Crippen LogP contribution in [-0.4, -0.2) is 14.4 Å². The predicted molar refractivity (Wildman–Crippen MR) is 88.9 cm³/mol. The van der Waals surface area contributed by atoms with Crippen molar-refractivity contribution in [1.82, 2.24) is 14.4 Å². The zero-order valence-electron chi connectivity index (χ0n) is 11.4. The van der Waals surface area contributed by atoms with Crippen molar-refractivity contribution in [2.24, 2.45) is 0 Å². The number of hydrogen-bond donors (Lipinski definition) is 0. The van der Waals surface area contributed by atoms with E-state index in [1.54, 1.807) is 35.1 Å². The largest absolute Gasteiger partial charge is 0.285 e. The highest BCUT2D eigenvalue weighted by Gasteiger charge is 2.18. The quantitative estimate of drug-likeness (QED) is 0.566. The van der Waals surface area contributed by atoms with E-state index >= 15 is 0 Å². The maximum Gasteiger partial charge on any atom is 0.195 e. The van der Waals surface area contributed by atoms with Crippen molar-refractivity contribution in [3.63, 3.8) is 0 Å². The first kappa shape index (κ1) is 13.2. The Labute approximate surface area is 135 Å². The summed E-state index contributed by atoms with van der Waals surface area (Å²) in [7, 11) is 0. The highest BCUT2D eigenvalue weighted by atomic mass is 32.1. The molecule has 0 aliphatic rings. The Bertz CT molecular complexity index is 959. The Balaban J connectivity index is 2.00. The molecule has 4 nitrogen and oxygen atoms in total. The van der Waals surface area contributed by atoms with E-state index in [-0.39, 0.29) is 0 Å². The monoisotopic (exact) mass is 322 g/mol. The minimum Gasteiger partial charge on any atom is -0.285 e. The SMILES string of the molecule is N#CCc1c(-c2ccncc2)nc2scc(-c3cccs3)n12. The molecule has 0 N–H and O–H groups in total. The second-order valence-electron chi connectivity index (χ2n) is 4.69. The number of thiazole rings is 1. The number of hydrogen-bond acceptors (Lipinski definition) is 5. The lowest BCUT2D eigenvalue weighted by atomic mass is 10.1. The molecule has 4 rings (SSSR count). The highest BCUT2D eigenvalue weighted by Crippen LogP contribution is 2.34. The van der Waals surface area contributed by atoms with Crippen LogP contribution in [0.25, 0.3) is 26.8 Å². The summed E-state index contributed by atoms with van der Waals surface area (Å²) < 4.78 is 2.11. The van der Waals surface area contributed by atoms with E-state index in [0.29, 0.717) is 6.42 Å². The molecule has 0 saturated heterocycles. The summed E-state index contributed by atoms with van der Waals surface area (Å²) in [5.41, 5.74) is 3.91. The van der Waals surface area contributed by atoms with Gasteiger partial charge in [0.1, 0.15) is 0 Å². The van der Waals surface area contributed by atoms with Crippen LogP contribution in [0, 0.1) is 11.3 Å². The number of thiophene rings is 1. The molecular weight excluding hydrogens is 312 g/mol. The zero-order chi connectivity index (χ0) is 14.9. The van der Waals surface area contributed by atoms with Crippen LogP contribution >= 0.6 is 22.7 Å². The molecule has 0 amide bonds. The fourth-order valence-electron chi connectivity index (χ4n) is 2.49. The Morgan fingerprint density at radius 3 is 2.77 bits per heavy atom. The minimum atomic E-state index is 0.327. The van der Waals surface area contributed by atoms with Crippen LogP contribution in [0.2, 0.25) is 0 Å². The third-order valence-corrected chi connectivity index (χ3v) is 5.15. The predicted octanol–water partition coefficient (Wildman–Crippen LogP) is 4.25. The normalized spacial score (nSPS) is 10.9. The van der Waals surface area contributed by atoms with Crippen molar-refractivity contribution >= 4 is 27.6 Å². The van der Waals surface area contributed by atoms with Crippen molar-refractivity contribution in [3.05, 3.63) is 53.1 Å². The van der Waals surface area contributed by atoms with E-state index in [4.69, 9.17) is 4.98 Å². The van der Waals surface area contributed by atoms with E-state index in [2.05, 4.69) is 32.3 Å². The van der Waals surface area contributed by atoms with E-state index in [1.165, 1.54) is 4.88 Å². The third-order valence-electron chi connectivity index (χ3n) is 3.43. The number of aromatic nitrogens is 3. The number of pyridine rings is 1. The Kier molecular flexibility index (Phi) is 3.22. The van der Waals surface area contributed by atoms with Crippen LogP contribution < -0.4 is 0 Å². The van der Waals surface area contributed by atoms with Gasteiger partial charge in [0.2, 0.25) is 0 Å². The van der Waals surface area contributed by atoms with E-state index in [0.717, 1.165) is 27.6 Å². The standard InChI is InChI=1S/C16H10N4S2/c17-6-3-12-15(11-4-7-18-8-5-11)19-16-20(12)13(10-22-16)14-2-1-9-21-14/h1-2,4-5,7-10H,3H2. The molecule has 0 saturated carbocycles. The average Bonchev–Trinajstić information content (AvgIpc) is 3.25. The van der Waals surface area contributed by atoms with Crippen LogP contribution in [0.15, 0.2) is 47.4 Å². The maximum absolute atomic E-state index is 9.23. The molecule has 0 atom stereocenters. The van der Waals surface area contributed by atoms with E-state index in [1.807, 2.05) is 18.2 Å². The topological polar surface area (TPSA) is 54.0 Å². The van der Waals surface area contributed by atoms with Crippen LogP contribution in [0.4, 0.5) is 0 Å². The summed E-state index contributed by atoms with van der Waals surface area (Å²) in [6.07, 6.45) is 3.83. The number of nitriles is 1. The van der Waals surface area contributed by atoms with Gasteiger partial charge in [-0.05, 0) is 23.6 Å². The van der Waals surface area contributed by atoms with Crippen LogP contribution in [-0.2, 0) is 6.42 Å². The smallest absolute Gasteiger partial charge is 0.195 e. The summed E-state index contributed by atoms with van der Waals surface area (Å²) in [6, 6.07) is 10.3. The van der Waals surface area contributed by atoms with E-state index in [9.17, 15) is 5.26 Å². The number of rotatable bonds is 3. The molecule has 4 aromatic rings. The molecule has 4 aromatic heterocycles. The Morgan fingerprint density at radius 1 is 1.18 bits per heavy atom. The molecule has 0 unspecified atom stereocenters. The van der Waals surface area contributed by atoms with Gasteiger partial charge in [0.15, 0.2) is 4.96 Å². The summed E-state index contributed by atoms with van der Waals surface area (Å²) in [6.45, 7) is 0. The van der Waals surface area contributed by atoms with Gasteiger partial charge in [-0.1, -0.05) is 6.07 Å². The number of nitrogens with zero attached hydrogens (tertiary/aromatic N) is 4. The first-order chi connectivity index (χ1) is 10.9. The van der Waals surface area contributed by atoms with Gasteiger partial charge in [0, 0.05) is 23.3 Å². The lowest BCUT2D eigenvalue weighted by Crippen LogP contribution is -1.94. The number of fused-ring (bicyclic) bond motifs is 1. The maximum atomic E-state index is 9.23. The second-order valence-corrected chi connectivity index (χ2v) is 6.48. The first-order valence-electron chi connectivity index (χ1n) is 6.68. The fraction of sp³-hybridized carbons (Fsp3) is 0.0625. The molecule has 0 aromatic carbocycles. The van der Waals surface area contributed by atoms with Gasteiger partial charge < -0.3 is 0 Å². The summed E-state index contributed by atoms with van der Waals surface area (Å²) in [5.74, 6) is 0. The highest BCUT2D eigenvalue weighted by molar-refractivity contribution is 7.17. The van der Waals surface area contributed by atoms with Crippen molar-refractivity contribution in [2.75, 3.05) is 0 Å². The van der Waals surface area contributed by atoms with Crippen molar-refractivity contribution in [3.8, 4) is 27.9 Å². The molecule has 0 radical (unpaired) electrons. The first-order valence-corrected chi connectivity index (χ1v) is 8.44. The molecule has 22 heavy (non-hydrogen) atoms. The van der Waals surface area contributed by atoms with Gasteiger partial charge >= 0.3 is 0 Å². The molecule has 0 aliphatic heterocycles. The van der Waals surface area contributed by atoms with Gasteiger partial charge in [-0.2, -0.15) is 5.26 Å². The van der Waals surface area contributed by atoms with Gasteiger partial charge in [-0.15, -0.1) is 22.7 Å². The van der Waals surface area contributed by atoms with Crippen LogP contribution in [0.5, 0.6) is 0 Å². The zero-order valence-corrected chi connectivity index (χ0v) is 13.1. The number of imidazole rings is 1. The van der Waals surface area contributed by atoms with Crippen LogP contribution in [0.1, 0.15) is 5.69 Å². The Morgan fingerprint density at radius 2 is 2.05 bits per heavy atom. The lowest BCUT2D eigenvalue weighted by molar-refractivity contribution is 1.08. The summed E-state index contributed by atoms with van der Waals surface area (Å²) >= 11 is 3.29. The molecule has 0 fully saturated rings. The molecule has 106 valence electrons. The average molecular weight is 322 g/mol. The molecule has 0 bridgehead atoms. The fourth-order valence-corrected chi connectivity index (χ4v) is 4.21. The molecule has 0 spiro atoms. The van der Waals surface area contributed by atoms with E-state index < -0.39 is 0 Å². The minimum absolute atomic E-state index is 0.327. The third kappa shape index (κ3) is 2.03. The van der Waals surface area contributed by atoms with Gasteiger partial charge in [0.05, 0.1) is 34.4 Å². The summed E-state index contributed by atoms with van der Waals surface area (Å²) in [5, 5.41) is 13.4. The second kappa shape index (κ2) is 5.37. The van der Waals surface area contributed by atoms with Crippen LogP contribution in [0.3, 0.4) is 0 Å². The molecule has 0 aliphatic carbocycles. The molecular formula is C16H10N4S2.